The van der Waals surface area contributed by atoms with Gasteiger partial charge in [0.15, 0.2) is 11.5 Å². The van der Waals surface area contributed by atoms with Crippen molar-refractivity contribution in [3.8, 4) is 11.7 Å². The topological polar surface area (TPSA) is 92.9 Å². The van der Waals surface area contributed by atoms with Crippen LogP contribution in [0.1, 0.15) is 16.2 Å². The second-order valence-electron chi connectivity index (χ2n) is 4.63. The van der Waals surface area contributed by atoms with Gasteiger partial charge in [-0.3, -0.25) is 9.78 Å². The number of nitrogens with zero attached hydrogens (tertiary/aromatic N) is 4. The number of carbonyl (C=O) groups excluding carboxylic acids is 1. The fraction of sp³-hybridized carbons (Fsp3) is 0.0667. The van der Waals surface area contributed by atoms with Crippen LogP contribution in [0.5, 0.6) is 5.88 Å². The SMILES string of the molecule is Cc1ccc(NC(=O)c2cc(O)n(-c3ccccn3)n2)cn1. The fourth-order valence-electron chi connectivity index (χ4n) is 1.87. The van der Waals surface area contributed by atoms with E-state index >= 15 is 0 Å². The summed E-state index contributed by atoms with van der Waals surface area (Å²) in [7, 11) is 0. The predicted molar refractivity (Wildman–Crippen MR) is 80.0 cm³/mol. The number of rotatable bonds is 3. The van der Waals surface area contributed by atoms with E-state index < -0.39 is 5.91 Å². The van der Waals surface area contributed by atoms with Gasteiger partial charge in [-0.05, 0) is 31.2 Å². The van der Waals surface area contributed by atoms with Gasteiger partial charge in [0.05, 0.1) is 11.9 Å². The highest BCUT2D eigenvalue weighted by Gasteiger charge is 2.15. The number of amides is 1. The number of pyridine rings is 2. The van der Waals surface area contributed by atoms with E-state index in [1.165, 1.54) is 10.7 Å². The highest BCUT2D eigenvalue weighted by Crippen LogP contribution is 2.17. The lowest BCUT2D eigenvalue weighted by molar-refractivity contribution is 0.102. The Labute approximate surface area is 126 Å². The van der Waals surface area contributed by atoms with Gasteiger partial charge in [-0.2, -0.15) is 9.78 Å². The third kappa shape index (κ3) is 2.78. The van der Waals surface area contributed by atoms with Crippen molar-refractivity contribution < 1.29 is 9.90 Å². The highest BCUT2D eigenvalue weighted by molar-refractivity contribution is 6.03. The number of hydrogen-bond acceptors (Lipinski definition) is 5. The molecule has 0 atom stereocenters. The molecule has 3 aromatic rings. The first-order valence-electron chi connectivity index (χ1n) is 6.58. The summed E-state index contributed by atoms with van der Waals surface area (Å²) in [5.41, 5.74) is 1.50. The number of hydrogen-bond donors (Lipinski definition) is 2. The zero-order chi connectivity index (χ0) is 15.5. The summed E-state index contributed by atoms with van der Waals surface area (Å²) in [6, 6.07) is 10.0. The van der Waals surface area contributed by atoms with Gasteiger partial charge >= 0.3 is 0 Å². The fourth-order valence-corrected chi connectivity index (χ4v) is 1.87. The first kappa shape index (κ1) is 13.7. The lowest BCUT2D eigenvalue weighted by Crippen LogP contribution is -2.13. The van der Waals surface area contributed by atoms with E-state index in [2.05, 4.69) is 20.4 Å². The van der Waals surface area contributed by atoms with Crippen molar-refractivity contribution >= 4 is 11.6 Å². The molecule has 0 radical (unpaired) electrons. The standard InChI is InChI=1S/C15H13N5O2/c1-10-5-6-11(9-17-10)18-15(22)12-8-14(21)20(19-12)13-4-2-3-7-16-13/h2-9,21H,1H3,(H,18,22). The Morgan fingerprint density at radius 3 is 2.77 bits per heavy atom. The molecule has 0 fully saturated rings. The number of aromatic hydroxyl groups is 1. The van der Waals surface area contributed by atoms with Crippen LogP contribution in [0.15, 0.2) is 48.8 Å². The molecule has 3 rings (SSSR count). The van der Waals surface area contributed by atoms with Crippen molar-refractivity contribution in [2.24, 2.45) is 0 Å². The molecule has 110 valence electrons. The average Bonchev–Trinajstić information content (AvgIpc) is 2.92. The lowest BCUT2D eigenvalue weighted by atomic mass is 10.3. The van der Waals surface area contributed by atoms with Crippen LogP contribution < -0.4 is 5.32 Å². The minimum Gasteiger partial charge on any atom is -0.493 e. The van der Waals surface area contributed by atoms with E-state index in [0.29, 0.717) is 11.5 Å². The van der Waals surface area contributed by atoms with Crippen molar-refractivity contribution in [3.63, 3.8) is 0 Å². The van der Waals surface area contributed by atoms with Crippen molar-refractivity contribution in [3.05, 3.63) is 60.2 Å². The van der Waals surface area contributed by atoms with Crippen LogP contribution in [-0.2, 0) is 0 Å². The van der Waals surface area contributed by atoms with Gasteiger partial charge in [-0.1, -0.05) is 6.07 Å². The average molecular weight is 295 g/mol. The molecule has 0 spiro atoms. The summed E-state index contributed by atoms with van der Waals surface area (Å²) < 4.78 is 1.20. The minimum atomic E-state index is -0.435. The van der Waals surface area contributed by atoms with Crippen LogP contribution in [0.3, 0.4) is 0 Å². The molecular formula is C15H13N5O2. The van der Waals surface area contributed by atoms with Gasteiger partial charge in [-0.25, -0.2) is 4.98 Å². The van der Waals surface area contributed by atoms with Crippen molar-refractivity contribution in [2.75, 3.05) is 5.32 Å². The summed E-state index contributed by atoms with van der Waals surface area (Å²) in [4.78, 5) is 20.3. The molecule has 3 aromatic heterocycles. The number of anilines is 1. The molecule has 0 aromatic carbocycles. The summed E-state index contributed by atoms with van der Waals surface area (Å²) in [6.07, 6.45) is 3.14. The van der Waals surface area contributed by atoms with Gasteiger partial charge in [0, 0.05) is 18.0 Å². The second kappa shape index (κ2) is 5.65. The van der Waals surface area contributed by atoms with Gasteiger partial charge in [0.25, 0.3) is 5.91 Å². The van der Waals surface area contributed by atoms with E-state index in [1.54, 1.807) is 42.7 Å². The number of nitrogens with one attached hydrogen (secondary N) is 1. The molecule has 0 aliphatic rings. The molecule has 1 amide bonds. The second-order valence-corrected chi connectivity index (χ2v) is 4.63. The van der Waals surface area contributed by atoms with Gasteiger partial charge < -0.3 is 10.4 Å². The third-order valence-electron chi connectivity index (χ3n) is 2.96. The first-order valence-corrected chi connectivity index (χ1v) is 6.58. The minimum absolute atomic E-state index is 0.0868. The summed E-state index contributed by atoms with van der Waals surface area (Å²) in [5, 5.41) is 16.6. The van der Waals surface area contributed by atoms with Crippen LogP contribution in [0.4, 0.5) is 5.69 Å². The summed E-state index contributed by atoms with van der Waals surface area (Å²) in [5.74, 6) is -0.169. The molecule has 0 bridgehead atoms. The van der Waals surface area contributed by atoms with E-state index in [4.69, 9.17) is 0 Å². The summed E-state index contributed by atoms with van der Waals surface area (Å²) >= 11 is 0. The van der Waals surface area contributed by atoms with E-state index in [9.17, 15) is 9.90 Å². The Morgan fingerprint density at radius 2 is 2.09 bits per heavy atom. The Bertz CT molecular complexity index is 797. The predicted octanol–water partition coefficient (Wildman–Crippen LogP) is 1.93. The third-order valence-corrected chi connectivity index (χ3v) is 2.96. The zero-order valence-corrected chi connectivity index (χ0v) is 11.8. The highest BCUT2D eigenvalue weighted by atomic mass is 16.3. The van der Waals surface area contributed by atoms with Crippen molar-refractivity contribution in [1.29, 1.82) is 0 Å². The number of aryl methyl sites for hydroxylation is 1. The van der Waals surface area contributed by atoms with Gasteiger partial charge in [0.1, 0.15) is 0 Å². The maximum Gasteiger partial charge on any atom is 0.276 e. The van der Waals surface area contributed by atoms with Crippen LogP contribution in [0, 0.1) is 6.92 Å². The summed E-state index contributed by atoms with van der Waals surface area (Å²) in [6.45, 7) is 1.86. The molecule has 2 N–H and O–H groups in total. The lowest BCUT2D eigenvalue weighted by Gasteiger charge is -2.03. The van der Waals surface area contributed by atoms with E-state index in [1.807, 2.05) is 6.92 Å². The molecule has 22 heavy (non-hydrogen) atoms. The molecule has 7 heteroatoms. The van der Waals surface area contributed by atoms with Gasteiger partial charge in [0.2, 0.25) is 5.88 Å². The van der Waals surface area contributed by atoms with Crippen LogP contribution in [0.25, 0.3) is 5.82 Å². The largest absolute Gasteiger partial charge is 0.493 e. The van der Waals surface area contributed by atoms with Crippen molar-refractivity contribution in [2.45, 2.75) is 6.92 Å². The molecule has 0 aliphatic heterocycles. The van der Waals surface area contributed by atoms with E-state index in [0.717, 1.165) is 5.69 Å². The van der Waals surface area contributed by atoms with Crippen LogP contribution in [-0.4, -0.2) is 30.8 Å². The van der Waals surface area contributed by atoms with Crippen LogP contribution in [0.2, 0.25) is 0 Å². The zero-order valence-electron chi connectivity index (χ0n) is 11.8. The number of aromatic nitrogens is 4. The Kier molecular flexibility index (Phi) is 3.53. The molecule has 0 saturated heterocycles. The number of carbonyl (C=O) groups is 1. The first-order chi connectivity index (χ1) is 10.6. The quantitative estimate of drug-likeness (QED) is 0.770. The smallest absolute Gasteiger partial charge is 0.276 e. The normalized spacial score (nSPS) is 10.4. The van der Waals surface area contributed by atoms with Gasteiger partial charge in [-0.15, -0.1) is 0 Å². The molecule has 3 heterocycles. The monoisotopic (exact) mass is 295 g/mol. The maximum absolute atomic E-state index is 12.1. The maximum atomic E-state index is 12.1. The Morgan fingerprint density at radius 1 is 1.23 bits per heavy atom. The molecule has 0 saturated carbocycles. The molecular weight excluding hydrogens is 282 g/mol. The molecule has 0 unspecified atom stereocenters. The Hall–Kier alpha value is -3.22. The van der Waals surface area contributed by atoms with E-state index in [-0.39, 0.29) is 11.6 Å². The molecule has 0 aliphatic carbocycles. The Balaban J connectivity index is 1.83. The van der Waals surface area contributed by atoms with Crippen LogP contribution >= 0.6 is 0 Å². The molecule has 7 nitrogen and oxygen atoms in total. The van der Waals surface area contributed by atoms with Crippen molar-refractivity contribution in [1.82, 2.24) is 19.7 Å².